The summed E-state index contributed by atoms with van der Waals surface area (Å²) in [5.41, 5.74) is -1.98. The van der Waals surface area contributed by atoms with Crippen LogP contribution in [0.25, 0.3) is 0 Å². The van der Waals surface area contributed by atoms with E-state index in [4.69, 9.17) is 0 Å². The van der Waals surface area contributed by atoms with Crippen LogP contribution in [-0.4, -0.2) is 27.1 Å². The first-order valence-corrected chi connectivity index (χ1v) is 9.74. The van der Waals surface area contributed by atoms with Crippen LogP contribution < -0.4 is 4.72 Å². The van der Waals surface area contributed by atoms with Crippen LogP contribution in [0.2, 0.25) is 0 Å². The summed E-state index contributed by atoms with van der Waals surface area (Å²) in [5.74, 6) is -3.89. The molecule has 0 spiro atoms. The molecule has 0 aliphatic heterocycles. The zero-order valence-electron chi connectivity index (χ0n) is 13.9. The quantitative estimate of drug-likeness (QED) is 0.615. The second kappa shape index (κ2) is 8.78. The van der Waals surface area contributed by atoms with Gasteiger partial charge in [-0.25, -0.2) is 22.1 Å². The summed E-state index contributed by atoms with van der Waals surface area (Å²) in [7, 11) is -1.71. The van der Waals surface area contributed by atoms with E-state index in [9.17, 15) is 22.5 Å². The highest BCUT2D eigenvalue weighted by molar-refractivity contribution is 9.10. The van der Waals surface area contributed by atoms with Crippen LogP contribution in [0.1, 0.15) is 45.6 Å². The Morgan fingerprint density at radius 1 is 1.38 bits per heavy atom. The van der Waals surface area contributed by atoms with E-state index in [1.807, 2.05) is 6.92 Å². The maximum atomic E-state index is 14.3. The Labute approximate surface area is 151 Å². The van der Waals surface area contributed by atoms with Gasteiger partial charge < -0.3 is 5.11 Å². The van der Waals surface area contributed by atoms with Crippen molar-refractivity contribution in [3.05, 3.63) is 34.1 Å². The van der Waals surface area contributed by atoms with Gasteiger partial charge in [0.15, 0.2) is 0 Å². The van der Waals surface area contributed by atoms with Gasteiger partial charge in [0.05, 0.1) is 23.1 Å². The number of halogens is 4. The second-order valence-electron chi connectivity index (χ2n) is 5.87. The first-order valence-electron chi connectivity index (χ1n) is 7.73. The van der Waals surface area contributed by atoms with Crippen molar-refractivity contribution in [3.63, 3.8) is 0 Å². The normalized spacial score (nSPS) is 17.3. The lowest BCUT2D eigenvalue weighted by Gasteiger charge is -2.36. The largest absolute Gasteiger partial charge is 0.394 e. The van der Waals surface area contributed by atoms with Crippen molar-refractivity contribution in [1.29, 1.82) is 0 Å². The Morgan fingerprint density at radius 2 is 2.00 bits per heavy atom. The molecule has 0 fully saturated rings. The van der Waals surface area contributed by atoms with Crippen LogP contribution >= 0.6 is 15.9 Å². The van der Waals surface area contributed by atoms with Crippen LogP contribution in [0.3, 0.4) is 0 Å². The molecular formula is C16H23BrF3NO2S. The Kier molecular flexibility index (Phi) is 7.90. The smallest absolute Gasteiger partial charge is 0.250 e. The first kappa shape index (κ1) is 21.6. The van der Waals surface area contributed by atoms with E-state index in [0.717, 1.165) is 6.07 Å². The average Bonchev–Trinajstić information content (AvgIpc) is 2.55. The van der Waals surface area contributed by atoms with Gasteiger partial charge in [-0.3, -0.25) is 0 Å². The molecule has 8 heteroatoms. The molecule has 3 nitrogen and oxygen atoms in total. The van der Waals surface area contributed by atoms with E-state index in [0.29, 0.717) is 10.9 Å². The first-order chi connectivity index (χ1) is 11.1. The Balaban J connectivity index is 3.42. The monoisotopic (exact) mass is 429 g/mol. The third kappa shape index (κ3) is 5.28. The van der Waals surface area contributed by atoms with Crippen molar-refractivity contribution in [2.75, 3.05) is 6.61 Å². The molecule has 0 aromatic heterocycles. The minimum atomic E-state index is -3.15. The van der Waals surface area contributed by atoms with E-state index in [-0.39, 0.29) is 10.8 Å². The summed E-state index contributed by atoms with van der Waals surface area (Å²) in [6, 6.07) is 3.89. The maximum Gasteiger partial charge on any atom is 0.250 e. The van der Waals surface area contributed by atoms with E-state index < -0.39 is 47.7 Å². The highest BCUT2D eigenvalue weighted by atomic mass is 79.9. The molecule has 0 aliphatic carbocycles. The van der Waals surface area contributed by atoms with Gasteiger partial charge in [0.2, 0.25) is 5.92 Å². The SMILES string of the molecule is CC[C@@H](C)S(=O)N[C@](CO)(CC(F)(F)CC)c1cc(Br)ccc1F. The minimum Gasteiger partial charge on any atom is -0.394 e. The summed E-state index contributed by atoms with van der Waals surface area (Å²) < 4.78 is 58.0. The lowest BCUT2D eigenvalue weighted by Crippen LogP contribution is -2.52. The molecule has 0 aliphatic rings. The third-order valence-electron chi connectivity index (χ3n) is 4.03. The lowest BCUT2D eigenvalue weighted by atomic mass is 9.85. The summed E-state index contributed by atoms with van der Waals surface area (Å²) in [6.45, 7) is 4.01. The van der Waals surface area contributed by atoms with Crippen LogP contribution in [0.5, 0.6) is 0 Å². The summed E-state index contributed by atoms with van der Waals surface area (Å²) in [4.78, 5) is 0. The number of hydrogen-bond donors (Lipinski definition) is 2. The molecule has 1 aromatic rings. The van der Waals surface area contributed by atoms with Gasteiger partial charge in [0.25, 0.3) is 0 Å². The predicted molar refractivity (Wildman–Crippen MR) is 93.7 cm³/mol. The topological polar surface area (TPSA) is 49.3 Å². The van der Waals surface area contributed by atoms with Crippen LogP contribution in [0.4, 0.5) is 13.2 Å². The summed E-state index contributed by atoms with van der Waals surface area (Å²) in [5, 5.41) is 9.56. The molecular weight excluding hydrogens is 407 g/mol. The molecule has 0 saturated heterocycles. The third-order valence-corrected chi connectivity index (χ3v) is 6.18. The average molecular weight is 430 g/mol. The molecule has 0 bridgehead atoms. The van der Waals surface area contributed by atoms with Gasteiger partial charge in [-0.1, -0.05) is 29.8 Å². The zero-order chi connectivity index (χ0) is 18.5. The van der Waals surface area contributed by atoms with Gasteiger partial charge in [0, 0.05) is 28.1 Å². The number of benzene rings is 1. The van der Waals surface area contributed by atoms with Crippen molar-refractivity contribution in [2.45, 2.75) is 56.7 Å². The molecule has 24 heavy (non-hydrogen) atoms. The second-order valence-corrected chi connectivity index (χ2v) is 8.39. The fourth-order valence-corrected chi connectivity index (χ4v) is 3.73. The molecule has 2 N–H and O–H groups in total. The van der Waals surface area contributed by atoms with Crippen molar-refractivity contribution in [2.24, 2.45) is 0 Å². The fraction of sp³-hybridized carbons (Fsp3) is 0.625. The van der Waals surface area contributed by atoms with Crippen molar-refractivity contribution in [3.8, 4) is 0 Å². The van der Waals surface area contributed by atoms with Crippen LogP contribution in [0, 0.1) is 5.82 Å². The van der Waals surface area contributed by atoms with Gasteiger partial charge in [-0.05, 0) is 31.5 Å². The van der Waals surface area contributed by atoms with E-state index >= 15 is 0 Å². The van der Waals surface area contributed by atoms with E-state index in [1.54, 1.807) is 6.92 Å². The number of rotatable bonds is 9. The number of aliphatic hydroxyl groups is 1. The van der Waals surface area contributed by atoms with Crippen LogP contribution in [-0.2, 0) is 16.5 Å². The molecule has 1 rings (SSSR count). The molecule has 138 valence electrons. The number of hydrogen-bond acceptors (Lipinski definition) is 2. The minimum absolute atomic E-state index is 0.135. The maximum absolute atomic E-state index is 14.3. The number of nitrogens with one attached hydrogen (secondary N) is 1. The summed E-state index contributed by atoms with van der Waals surface area (Å²) >= 11 is 3.18. The fourth-order valence-electron chi connectivity index (χ4n) is 2.23. The number of alkyl halides is 2. The molecule has 1 aromatic carbocycles. The Bertz CT molecular complexity index is 588. The van der Waals surface area contributed by atoms with Crippen molar-refractivity contribution < 1.29 is 22.5 Å². The van der Waals surface area contributed by atoms with Gasteiger partial charge >= 0.3 is 0 Å². The highest BCUT2D eigenvalue weighted by Gasteiger charge is 2.45. The Hall–Kier alpha value is -0.440. The van der Waals surface area contributed by atoms with Gasteiger partial charge in [-0.2, -0.15) is 0 Å². The van der Waals surface area contributed by atoms with Gasteiger partial charge in [0.1, 0.15) is 5.82 Å². The molecule has 3 atom stereocenters. The van der Waals surface area contributed by atoms with E-state index in [1.165, 1.54) is 19.1 Å². The zero-order valence-corrected chi connectivity index (χ0v) is 16.3. The molecule has 0 amide bonds. The standard InChI is InChI=1S/C16H23BrF3NO2S/c1-4-11(3)24(23)21-15(10-22,9-16(19,20)5-2)13-8-12(17)6-7-14(13)18/h6-8,11,21-22H,4-5,9-10H2,1-3H3/t11-,15+,24?/m1/s1. The van der Waals surface area contributed by atoms with E-state index in [2.05, 4.69) is 20.7 Å². The molecule has 0 saturated carbocycles. The van der Waals surface area contributed by atoms with Crippen LogP contribution in [0.15, 0.2) is 22.7 Å². The lowest BCUT2D eigenvalue weighted by molar-refractivity contribution is -0.0451. The summed E-state index contributed by atoms with van der Waals surface area (Å²) in [6.07, 6.45) is -0.781. The van der Waals surface area contributed by atoms with Crippen molar-refractivity contribution in [1.82, 2.24) is 4.72 Å². The number of aliphatic hydroxyl groups excluding tert-OH is 1. The molecule has 1 unspecified atom stereocenters. The predicted octanol–water partition coefficient (Wildman–Crippen LogP) is 4.26. The van der Waals surface area contributed by atoms with Gasteiger partial charge in [-0.15, -0.1) is 0 Å². The molecule has 0 radical (unpaired) electrons. The van der Waals surface area contributed by atoms with Crippen molar-refractivity contribution >= 4 is 26.9 Å². The Morgan fingerprint density at radius 3 is 2.50 bits per heavy atom. The highest BCUT2D eigenvalue weighted by Crippen LogP contribution is 2.38. The molecule has 0 heterocycles.